The van der Waals surface area contributed by atoms with Crippen LogP contribution < -0.4 is 0 Å². The summed E-state index contributed by atoms with van der Waals surface area (Å²) in [5, 5.41) is 17.6. The van der Waals surface area contributed by atoms with Crippen molar-refractivity contribution in [3.05, 3.63) is 18.0 Å². The molecule has 1 aromatic heterocycles. The van der Waals surface area contributed by atoms with Gasteiger partial charge in [-0.15, -0.1) is 0 Å². The Kier molecular flexibility index (Phi) is 4.43. The number of nitrogens with one attached hydrogen (secondary N) is 1. The molecule has 8 nitrogen and oxygen atoms in total. The third kappa shape index (κ3) is 3.01. The summed E-state index contributed by atoms with van der Waals surface area (Å²) in [4.78, 5) is 15.1. The van der Waals surface area contributed by atoms with E-state index < -0.39 is 16.0 Å². The molecule has 0 unspecified atom stereocenters. The van der Waals surface area contributed by atoms with Gasteiger partial charge in [-0.1, -0.05) is 0 Å². The van der Waals surface area contributed by atoms with E-state index >= 15 is 0 Å². The Balaban J connectivity index is 2.09. The highest BCUT2D eigenvalue weighted by Crippen LogP contribution is 2.18. The highest BCUT2D eigenvalue weighted by atomic mass is 32.2. The number of H-pyrrole nitrogens is 1. The van der Waals surface area contributed by atoms with E-state index in [1.165, 1.54) is 10.5 Å². The van der Waals surface area contributed by atoms with E-state index in [-0.39, 0.29) is 17.2 Å². The Morgan fingerprint density at radius 3 is 2.45 bits per heavy atom. The van der Waals surface area contributed by atoms with E-state index in [1.807, 2.05) is 4.90 Å². The molecular formula is C11H17N3O5S. The van der Waals surface area contributed by atoms with Crippen LogP contribution >= 0.6 is 0 Å². The number of piperazine rings is 1. The standard InChI is InChI=1S/C11H17N3O5S/c15-6-5-13-1-3-14(4-2-13)20(18,19)9-7-10(11(16)17)12-8-9/h7-8,12,15H,1-6H2,(H,16,17). The maximum atomic E-state index is 12.3. The fourth-order valence-electron chi connectivity index (χ4n) is 2.13. The first kappa shape index (κ1) is 15.0. The molecule has 1 fully saturated rings. The summed E-state index contributed by atoms with van der Waals surface area (Å²) in [6.45, 7) is 2.34. The molecule has 0 aliphatic carbocycles. The molecule has 1 aliphatic heterocycles. The zero-order chi connectivity index (χ0) is 14.8. The van der Waals surface area contributed by atoms with Gasteiger partial charge in [-0.3, -0.25) is 4.90 Å². The monoisotopic (exact) mass is 303 g/mol. The number of sulfonamides is 1. The van der Waals surface area contributed by atoms with Gasteiger partial charge in [-0.2, -0.15) is 4.31 Å². The molecule has 0 aromatic carbocycles. The third-order valence-electron chi connectivity index (χ3n) is 3.27. The first-order valence-corrected chi connectivity index (χ1v) is 7.64. The van der Waals surface area contributed by atoms with Crippen molar-refractivity contribution in [1.29, 1.82) is 0 Å². The predicted octanol–water partition coefficient (Wildman–Crippen LogP) is -0.988. The van der Waals surface area contributed by atoms with Crippen molar-refractivity contribution in [3.63, 3.8) is 0 Å². The fourth-order valence-corrected chi connectivity index (χ4v) is 3.55. The van der Waals surface area contributed by atoms with Crippen LogP contribution in [-0.4, -0.2) is 78.1 Å². The number of carboxylic acids is 1. The minimum Gasteiger partial charge on any atom is -0.477 e. The van der Waals surface area contributed by atoms with Gasteiger partial charge in [-0.05, 0) is 6.07 Å². The average molecular weight is 303 g/mol. The summed E-state index contributed by atoms with van der Waals surface area (Å²) in [7, 11) is -3.66. The van der Waals surface area contributed by atoms with Gasteiger partial charge in [0.05, 0.1) is 6.61 Å². The first-order chi connectivity index (χ1) is 9.45. The van der Waals surface area contributed by atoms with Crippen LogP contribution in [0.4, 0.5) is 0 Å². The van der Waals surface area contributed by atoms with Crippen molar-refractivity contribution in [2.75, 3.05) is 39.3 Å². The second-order valence-corrected chi connectivity index (χ2v) is 6.46. The number of carbonyl (C=O) groups is 1. The number of hydrogen-bond donors (Lipinski definition) is 3. The highest BCUT2D eigenvalue weighted by molar-refractivity contribution is 7.89. The predicted molar refractivity (Wildman–Crippen MR) is 70.0 cm³/mol. The van der Waals surface area contributed by atoms with E-state index in [0.29, 0.717) is 32.7 Å². The molecule has 9 heteroatoms. The van der Waals surface area contributed by atoms with Crippen LogP contribution in [0.15, 0.2) is 17.2 Å². The molecule has 0 spiro atoms. The van der Waals surface area contributed by atoms with Crippen LogP contribution in [0, 0.1) is 0 Å². The number of β-amino-alcohol motifs (C(OH)–C–C–N with tert-alkyl or cyclic N) is 1. The molecule has 3 N–H and O–H groups in total. The van der Waals surface area contributed by atoms with E-state index in [4.69, 9.17) is 10.2 Å². The number of aliphatic hydroxyl groups is 1. The lowest BCUT2D eigenvalue weighted by molar-refractivity contribution is 0.0691. The van der Waals surface area contributed by atoms with Crippen molar-refractivity contribution < 1.29 is 23.4 Å². The maximum absolute atomic E-state index is 12.3. The third-order valence-corrected chi connectivity index (χ3v) is 5.15. The molecule has 0 amide bonds. The topological polar surface area (TPSA) is 114 Å². The van der Waals surface area contributed by atoms with Crippen LogP contribution in [0.5, 0.6) is 0 Å². The van der Waals surface area contributed by atoms with Crippen LogP contribution in [-0.2, 0) is 10.0 Å². The number of aromatic carboxylic acids is 1. The second-order valence-electron chi connectivity index (χ2n) is 4.52. The number of aliphatic hydroxyl groups excluding tert-OH is 1. The Hall–Kier alpha value is -1.42. The molecule has 112 valence electrons. The van der Waals surface area contributed by atoms with Gasteiger partial charge in [0.1, 0.15) is 10.6 Å². The van der Waals surface area contributed by atoms with Gasteiger partial charge in [0, 0.05) is 38.9 Å². The molecular weight excluding hydrogens is 286 g/mol. The normalized spacial score (nSPS) is 18.2. The Labute approximate surface area is 116 Å². The molecule has 0 saturated carbocycles. The Bertz CT molecular complexity index is 575. The lowest BCUT2D eigenvalue weighted by atomic mass is 10.4. The Morgan fingerprint density at radius 1 is 1.30 bits per heavy atom. The van der Waals surface area contributed by atoms with Gasteiger partial charge < -0.3 is 15.2 Å². The summed E-state index contributed by atoms with van der Waals surface area (Å²) in [6.07, 6.45) is 1.19. The summed E-state index contributed by atoms with van der Waals surface area (Å²) < 4.78 is 26.0. The Morgan fingerprint density at radius 2 is 1.95 bits per heavy atom. The minimum absolute atomic E-state index is 0.0366. The molecule has 1 saturated heterocycles. The minimum atomic E-state index is -3.66. The van der Waals surface area contributed by atoms with Gasteiger partial charge in [0.15, 0.2) is 0 Å². The smallest absolute Gasteiger partial charge is 0.352 e. The van der Waals surface area contributed by atoms with Gasteiger partial charge in [0.25, 0.3) is 0 Å². The molecule has 2 heterocycles. The molecule has 20 heavy (non-hydrogen) atoms. The largest absolute Gasteiger partial charge is 0.477 e. The molecule has 0 radical (unpaired) electrons. The number of rotatable bonds is 5. The zero-order valence-corrected chi connectivity index (χ0v) is 11.6. The van der Waals surface area contributed by atoms with Crippen molar-refractivity contribution in [1.82, 2.24) is 14.2 Å². The zero-order valence-electron chi connectivity index (χ0n) is 10.8. The van der Waals surface area contributed by atoms with E-state index in [9.17, 15) is 13.2 Å². The molecule has 0 bridgehead atoms. The van der Waals surface area contributed by atoms with E-state index in [1.54, 1.807) is 0 Å². The van der Waals surface area contributed by atoms with Crippen molar-refractivity contribution in [3.8, 4) is 0 Å². The van der Waals surface area contributed by atoms with Gasteiger partial charge in [0.2, 0.25) is 10.0 Å². The maximum Gasteiger partial charge on any atom is 0.352 e. The summed E-state index contributed by atoms with van der Waals surface area (Å²) in [6, 6.07) is 1.12. The van der Waals surface area contributed by atoms with Crippen molar-refractivity contribution in [2.24, 2.45) is 0 Å². The van der Waals surface area contributed by atoms with Crippen molar-refractivity contribution >= 4 is 16.0 Å². The number of aromatic amines is 1. The van der Waals surface area contributed by atoms with Gasteiger partial charge in [-0.25, -0.2) is 13.2 Å². The second kappa shape index (κ2) is 5.92. The lowest BCUT2D eigenvalue weighted by Gasteiger charge is -2.33. The quantitative estimate of drug-likeness (QED) is 0.643. The van der Waals surface area contributed by atoms with E-state index in [2.05, 4.69) is 4.98 Å². The van der Waals surface area contributed by atoms with Crippen LogP contribution in [0.25, 0.3) is 0 Å². The van der Waals surface area contributed by atoms with Crippen molar-refractivity contribution in [2.45, 2.75) is 4.90 Å². The highest BCUT2D eigenvalue weighted by Gasteiger charge is 2.29. The van der Waals surface area contributed by atoms with Crippen LogP contribution in [0.2, 0.25) is 0 Å². The first-order valence-electron chi connectivity index (χ1n) is 6.20. The summed E-state index contributed by atoms with van der Waals surface area (Å²) in [5.41, 5.74) is -0.150. The number of nitrogens with zero attached hydrogens (tertiary/aromatic N) is 2. The van der Waals surface area contributed by atoms with Crippen LogP contribution in [0.1, 0.15) is 10.5 Å². The van der Waals surface area contributed by atoms with Crippen LogP contribution in [0.3, 0.4) is 0 Å². The number of aromatic nitrogens is 1. The number of hydrogen-bond acceptors (Lipinski definition) is 5. The SMILES string of the molecule is O=C(O)c1cc(S(=O)(=O)N2CCN(CCO)CC2)c[nH]1. The summed E-state index contributed by atoms with van der Waals surface area (Å²) >= 11 is 0. The molecule has 0 atom stereocenters. The average Bonchev–Trinajstić information content (AvgIpc) is 2.90. The molecule has 1 aromatic rings. The molecule has 2 rings (SSSR count). The van der Waals surface area contributed by atoms with E-state index in [0.717, 1.165) is 6.07 Å². The number of carboxylic acid groups (broad SMARTS) is 1. The lowest BCUT2D eigenvalue weighted by Crippen LogP contribution is -2.49. The summed E-state index contributed by atoms with van der Waals surface area (Å²) in [5.74, 6) is -1.20. The molecule has 1 aliphatic rings. The van der Waals surface area contributed by atoms with Gasteiger partial charge >= 0.3 is 5.97 Å². The fraction of sp³-hybridized carbons (Fsp3) is 0.545.